The minimum absolute atomic E-state index is 0.525. The Morgan fingerprint density at radius 1 is 1.23 bits per heavy atom. The van der Waals surface area contributed by atoms with Crippen molar-refractivity contribution in [1.82, 2.24) is 19.7 Å². The van der Waals surface area contributed by atoms with Gasteiger partial charge in [-0.1, -0.05) is 13.8 Å². The van der Waals surface area contributed by atoms with Crippen molar-refractivity contribution in [2.75, 3.05) is 42.6 Å². The largest absolute Gasteiger partial charge is 0.378 e. The van der Waals surface area contributed by atoms with E-state index in [2.05, 4.69) is 50.7 Å². The topological polar surface area (TPSA) is 59.3 Å². The first-order chi connectivity index (χ1) is 12.6. The average molecular weight is 377 g/mol. The van der Waals surface area contributed by atoms with E-state index < -0.39 is 0 Å². The van der Waals surface area contributed by atoms with E-state index in [0.29, 0.717) is 12.0 Å². The molecule has 2 aromatic heterocycles. The third kappa shape index (κ3) is 3.44. The Hall–Kier alpha value is -1.67. The van der Waals surface area contributed by atoms with Crippen molar-refractivity contribution in [1.29, 1.82) is 0 Å². The van der Waals surface area contributed by atoms with Gasteiger partial charge >= 0.3 is 0 Å². The minimum Gasteiger partial charge on any atom is -0.378 e. The van der Waals surface area contributed by atoms with Crippen LogP contribution < -0.4 is 9.80 Å². The molecule has 0 spiro atoms. The van der Waals surface area contributed by atoms with Crippen molar-refractivity contribution >= 4 is 22.4 Å². The fourth-order valence-corrected chi connectivity index (χ4v) is 4.59. The zero-order valence-electron chi connectivity index (χ0n) is 15.9. The molecule has 0 saturated carbocycles. The molecule has 1 atom stereocenters. The highest BCUT2D eigenvalue weighted by atomic mass is 32.1. The third-order valence-electron chi connectivity index (χ3n) is 5.09. The lowest BCUT2D eigenvalue weighted by Gasteiger charge is -2.26. The van der Waals surface area contributed by atoms with Gasteiger partial charge in [0.05, 0.1) is 13.2 Å². The van der Waals surface area contributed by atoms with Crippen LogP contribution in [0.3, 0.4) is 0 Å². The molecule has 4 heterocycles. The number of morpholine rings is 1. The quantitative estimate of drug-likeness (QED) is 0.800. The first-order valence-corrected chi connectivity index (χ1v) is 10.5. The maximum Gasteiger partial charge on any atom is 0.227 e. The summed E-state index contributed by atoms with van der Waals surface area (Å²) in [7, 11) is 0. The highest BCUT2D eigenvalue weighted by molar-refractivity contribution is 7.14. The first kappa shape index (κ1) is 17.7. The Bertz CT molecular complexity index is 736. The average Bonchev–Trinajstić information content (AvgIpc) is 3.35. The standard InChI is InChI=1S/C18H28N6OS/c1-13(2)11-24-16(20-21-17(24)23-6-4-5-14(23)3)15-12-26-18(19-15)22-7-9-25-10-8-22/h12-14H,4-11H2,1-3H3. The molecule has 2 saturated heterocycles. The predicted octanol–water partition coefficient (Wildman–Crippen LogP) is 2.88. The molecule has 8 heteroatoms. The molecule has 1 unspecified atom stereocenters. The number of nitrogens with zero attached hydrogens (tertiary/aromatic N) is 6. The SMILES string of the molecule is CC(C)Cn1c(-c2csc(N3CCOCC3)n2)nnc1N1CCCC1C. The molecule has 0 amide bonds. The number of aromatic nitrogens is 4. The van der Waals surface area contributed by atoms with Crippen LogP contribution in [-0.2, 0) is 11.3 Å². The molecule has 7 nitrogen and oxygen atoms in total. The molecular formula is C18H28N6OS. The van der Waals surface area contributed by atoms with E-state index in [9.17, 15) is 0 Å². The fourth-order valence-electron chi connectivity index (χ4n) is 3.73. The van der Waals surface area contributed by atoms with Crippen molar-refractivity contribution < 1.29 is 4.74 Å². The second-order valence-corrected chi connectivity index (χ2v) is 8.46. The summed E-state index contributed by atoms with van der Waals surface area (Å²) in [6.45, 7) is 12.1. The normalized spacial score (nSPS) is 21.2. The Morgan fingerprint density at radius 3 is 2.73 bits per heavy atom. The van der Waals surface area contributed by atoms with Crippen LogP contribution in [0, 0.1) is 5.92 Å². The first-order valence-electron chi connectivity index (χ1n) is 9.62. The third-order valence-corrected chi connectivity index (χ3v) is 5.99. The zero-order chi connectivity index (χ0) is 18.1. The van der Waals surface area contributed by atoms with E-state index >= 15 is 0 Å². The summed E-state index contributed by atoms with van der Waals surface area (Å²) in [6.07, 6.45) is 2.45. The Kier molecular flexibility index (Phi) is 5.13. The van der Waals surface area contributed by atoms with E-state index in [1.165, 1.54) is 12.8 Å². The van der Waals surface area contributed by atoms with Crippen molar-refractivity contribution in [2.45, 2.75) is 46.2 Å². The molecule has 0 bridgehead atoms. The Labute approximate surface area is 159 Å². The lowest BCUT2D eigenvalue weighted by Crippen LogP contribution is -2.36. The maximum absolute atomic E-state index is 5.45. The molecule has 2 aliphatic rings. The number of rotatable bonds is 5. The van der Waals surface area contributed by atoms with Gasteiger partial charge in [-0.15, -0.1) is 21.5 Å². The molecule has 2 aromatic rings. The van der Waals surface area contributed by atoms with Crippen LogP contribution >= 0.6 is 11.3 Å². The van der Waals surface area contributed by atoms with E-state index in [1.807, 2.05) is 0 Å². The summed E-state index contributed by atoms with van der Waals surface area (Å²) in [4.78, 5) is 9.57. The van der Waals surface area contributed by atoms with Crippen LogP contribution in [0.2, 0.25) is 0 Å². The smallest absolute Gasteiger partial charge is 0.227 e. The van der Waals surface area contributed by atoms with E-state index in [4.69, 9.17) is 9.72 Å². The van der Waals surface area contributed by atoms with Crippen molar-refractivity contribution in [3.63, 3.8) is 0 Å². The lowest BCUT2D eigenvalue weighted by molar-refractivity contribution is 0.122. The van der Waals surface area contributed by atoms with Crippen LogP contribution in [-0.4, -0.2) is 58.6 Å². The number of ether oxygens (including phenoxy) is 1. The van der Waals surface area contributed by atoms with Gasteiger partial charge in [0.1, 0.15) is 5.69 Å². The van der Waals surface area contributed by atoms with E-state index in [0.717, 1.165) is 62.0 Å². The maximum atomic E-state index is 5.45. The molecule has 4 rings (SSSR count). The zero-order valence-corrected chi connectivity index (χ0v) is 16.7. The lowest BCUT2D eigenvalue weighted by atomic mass is 10.2. The molecule has 2 fully saturated rings. The van der Waals surface area contributed by atoms with Gasteiger partial charge in [-0.05, 0) is 25.7 Å². The number of thiazole rings is 1. The van der Waals surface area contributed by atoms with Crippen molar-refractivity contribution in [2.24, 2.45) is 5.92 Å². The predicted molar refractivity (Wildman–Crippen MR) is 105 cm³/mol. The van der Waals surface area contributed by atoms with E-state index in [1.54, 1.807) is 11.3 Å². The van der Waals surface area contributed by atoms with Gasteiger partial charge in [-0.3, -0.25) is 4.57 Å². The molecule has 142 valence electrons. The highest BCUT2D eigenvalue weighted by Gasteiger charge is 2.28. The summed E-state index contributed by atoms with van der Waals surface area (Å²) < 4.78 is 7.72. The van der Waals surface area contributed by atoms with Crippen LogP contribution in [0.15, 0.2) is 5.38 Å². The Balaban J connectivity index is 1.65. The van der Waals surface area contributed by atoms with Crippen LogP contribution in [0.5, 0.6) is 0 Å². The van der Waals surface area contributed by atoms with Crippen LogP contribution in [0.4, 0.5) is 11.1 Å². The van der Waals surface area contributed by atoms with Crippen molar-refractivity contribution in [3.8, 4) is 11.5 Å². The molecule has 2 aliphatic heterocycles. The summed E-state index contributed by atoms with van der Waals surface area (Å²) >= 11 is 1.69. The summed E-state index contributed by atoms with van der Waals surface area (Å²) in [5, 5.41) is 12.3. The van der Waals surface area contributed by atoms with Gasteiger partial charge in [-0.25, -0.2) is 4.98 Å². The number of anilines is 2. The second kappa shape index (κ2) is 7.52. The summed E-state index contributed by atoms with van der Waals surface area (Å²) in [6, 6.07) is 0.525. The number of hydrogen-bond donors (Lipinski definition) is 0. The van der Waals surface area contributed by atoms with Gasteiger partial charge in [0.25, 0.3) is 0 Å². The van der Waals surface area contributed by atoms with Crippen LogP contribution in [0.25, 0.3) is 11.5 Å². The fraction of sp³-hybridized carbons (Fsp3) is 0.722. The molecule has 0 aromatic carbocycles. The molecular weight excluding hydrogens is 348 g/mol. The van der Waals surface area contributed by atoms with E-state index in [-0.39, 0.29) is 0 Å². The molecule has 0 radical (unpaired) electrons. The Morgan fingerprint density at radius 2 is 2.04 bits per heavy atom. The molecule has 0 aliphatic carbocycles. The molecule has 26 heavy (non-hydrogen) atoms. The molecule has 0 N–H and O–H groups in total. The van der Waals surface area contributed by atoms with Crippen LogP contribution in [0.1, 0.15) is 33.6 Å². The highest BCUT2D eigenvalue weighted by Crippen LogP contribution is 2.31. The van der Waals surface area contributed by atoms with Gasteiger partial charge < -0.3 is 14.5 Å². The summed E-state index contributed by atoms with van der Waals surface area (Å²) in [5.74, 6) is 2.42. The minimum atomic E-state index is 0.525. The monoisotopic (exact) mass is 376 g/mol. The van der Waals surface area contributed by atoms with Gasteiger partial charge in [0.15, 0.2) is 11.0 Å². The number of hydrogen-bond acceptors (Lipinski definition) is 7. The van der Waals surface area contributed by atoms with Crippen molar-refractivity contribution in [3.05, 3.63) is 5.38 Å². The van der Waals surface area contributed by atoms with Gasteiger partial charge in [0.2, 0.25) is 5.95 Å². The van der Waals surface area contributed by atoms with Gasteiger partial charge in [0, 0.05) is 37.6 Å². The van der Waals surface area contributed by atoms with Gasteiger partial charge in [-0.2, -0.15) is 0 Å². The summed E-state index contributed by atoms with van der Waals surface area (Å²) in [5.41, 5.74) is 0.933. The second-order valence-electron chi connectivity index (χ2n) is 7.63.